The Kier molecular flexibility index (Phi) is 5.15. The molecule has 1 aliphatic rings. The third-order valence-electron chi connectivity index (χ3n) is 2.81. The second-order valence-corrected chi connectivity index (χ2v) is 5.16. The fourth-order valence-electron chi connectivity index (χ4n) is 1.94. The summed E-state index contributed by atoms with van der Waals surface area (Å²) < 4.78 is 0. The van der Waals surface area contributed by atoms with Crippen LogP contribution < -0.4 is 5.32 Å². The predicted octanol–water partition coefficient (Wildman–Crippen LogP) is 1.76. The molecule has 0 radical (unpaired) electrons. The first-order chi connectivity index (χ1) is 7.13. The highest BCUT2D eigenvalue weighted by atomic mass is 32.2. The van der Waals surface area contributed by atoms with Crippen molar-refractivity contribution in [2.45, 2.75) is 50.3 Å². The van der Waals surface area contributed by atoms with Crippen molar-refractivity contribution in [1.82, 2.24) is 5.32 Å². The molecule has 0 aromatic carbocycles. The standard InChI is InChI=1S/C11H19NO2S/c1-8(13)6-7-11(14)12-9-4-3-5-10(9)15-2/h9-10H,3-7H2,1-2H3,(H,12,14). The van der Waals surface area contributed by atoms with Gasteiger partial charge in [-0.25, -0.2) is 0 Å². The zero-order valence-corrected chi connectivity index (χ0v) is 10.2. The molecule has 1 rings (SSSR count). The van der Waals surface area contributed by atoms with Crippen molar-refractivity contribution >= 4 is 23.5 Å². The number of thioether (sulfide) groups is 1. The number of nitrogens with one attached hydrogen (secondary N) is 1. The number of carbonyl (C=O) groups is 2. The molecule has 2 atom stereocenters. The first-order valence-electron chi connectivity index (χ1n) is 5.45. The summed E-state index contributed by atoms with van der Waals surface area (Å²) in [5.41, 5.74) is 0. The number of hydrogen-bond donors (Lipinski definition) is 1. The van der Waals surface area contributed by atoms with E-state index in [0.717, 1.165) is 6.42 Å². The van der Waals surface area contributed by atoms with Crippen molar-refractivity contribution < 1.29 is 9.59 Å². The van der Waals surface area contributed by atoms with Gasteiger partial charge in [-0.2, -0.15) is 11.8 Å². The van der Waals surface area contributed by atoms with Crippen LogP contribution in [-0.2, 0) is 9.59 Å². The Hall–Kier alpha value is -0.510. The molecule has 4 heteroatoms. The molecule has 0 aromatic heterocycles. The van der Waals surface area contributed by atoms with Crippen LogP contribution in [-0.4, -0.2) is 29.2 Å². The van der Waals surface area contributed by atoms with E-state index < -0.39 is 0 Å². The third kappa shape index (κ3) is 4.24. The molecular weight excluding hydrogens is 210 g/mol. The van der Waals surface area contributed by atoms with Gasteiger partial charge in [0.1, 0.15) is 5.78 Å². The highest BCUT2D eigenvalue weighted by Gasteiger charge is 2.27. The molecule has 2 unspecified atom stereocenters. The summed E-state index contributed by atoms with van der Waals surface area (Å²) in [6.45, 7) is 1.52. The van der Waals surface area contributed by atoms with Gasteiger partial charge in [-0.05, 0) is 26.0 Å². The van der Waals surface area contributed by atoms with Crippen LogP contribution in [0.3, 0.4) is 0 Å². The second-order valence-electron chi connectivity index (χ2n) is 4.08. The van der Waals surface area contributed by atoms with Crippen molar-refractivity contribution in [2.24, 2.45) is 0 Å². The Labute approximate surface area is 95.4 Å². The van der Waals surface area contributed by atoms with Crippen LogP contribution >= 0.6 is 11.8 Å². The summed E-state index contributed by atoms with van der Waals surface area (Å²) >= 11 is 1.83. The summed E-state index contributed by atoms with van der Waals surface area (Å²) in [6.07, 6.45) is 6.26. The zero-order valence-electron chi connectivity index (χ0n) is 9.41. The van der Waals surface area contributed by atoms with Crippen molar-refractivity contribution in [3.63, 3.8) is 0 Å². The maximum Gasteiger partial charge on any atom is 0.220 e. The molecule has 1 N–H and O–H groups in total. The van der Waals surface area contributed by atoms with Crippen LogP contribution in [0.1, 0.15) is 39.0 Å². The average molecular weight is 229 g/mol. The minimum Gasteiger partial charge on any atom is -0.352 e. The van der Waals surface area contributed by atoms with E-state index in [2.05, 4.69) is 11.6 Å². The molecule has 1 aliphatic carbocycles. The first kappa shape index (κ1) is 12.6. The number of rotatable bonds is 5. The van der Waals surface area contributed by atoms with Gasteiger partial charge in [-0.3, -0.25) is 4.79 Å². The van der Waals surface area contributed by atoms with E-state index in [1.165, 1.54) is 19.8 Å². The SMILES string of the molecule is CSC1CCCC1NC(=O)CCC(C)=O. The molecule has 0 heterocycles. The van der Waals surface area contributed by atoms with Crippen molar-refractivity contribution in [3.05, 3.63) is 0 Å². The summed E-state index contributed by atoms with van der Waals surface area (Å²) in [7, 11) is 0. The minimum absolute atomic E-state index is 0.0242. The summed E-state index contributed by atoms with van der Waals surface area (Å²) in [5, 5.41) is 3.58. The number of Topliss-reactive ketones (excluding diaryl/α,β-unsaturated/α-hetero) is 1. The van der Waals surface area contributed by atoms with Gasteiger partial charge in [0.05, 0.1) is 0 Å². The monoisotopic (exact) mass is 229 g/mol. The Bertz CT molecular complexity index is 243. The lowest BCUT2D eigenvalue weighted by Gasteiger charge is -2.18. The highest BCUT2D eigenvalue weighted by molar-refractivity contribution is 7.99. The van der Waals surface area contributed by atoms with E-state index in [-0.39, 0.29) is 11.7 Å². The van der Waals surface area contributed by atoms with Crippen molar-refractivity contribution in [1.29, 1.82) is 0 Å². The molecule has 0 saturated heterocycles. The molecule has 0 aromatic rings. The molecule has 86 valence electrons. The topological polar surface area (TPSA) is 46.2 Å². The van der Waals surface area contributed by atoms with E-state index in [1.54, 1.807) is 0 Å². The van der Waals surface area contributed by atoms with Crippen LogP contribution in [0.2, 0.25) is 0 Å². The van der Waals surface area contributed by atoms with Crippen LogP contribution in [0.5, 0.6) is 0 Å². The fourth-order valence-corrected chi connectivity index (χ4v) is 2.88. The molecule has 3 nitrogen and oxygen atoms in total. The maximum atomic E-state index is 11.5. The minimum atomic E-state index is 0.0242. The van der Waals surface area contributed by atoms with Gasteiger partial charge in [0, 0.05) is 24.1 Å². The number of hydrogen-bond acceptors (Lipinski definition) is 3. The van der Waals surface area contributed by atoms with Gasteiger partial charge in [-0.1, -0.05) is 6.42 Å². The van der Waals surface area contributed by atoms with Crippen LogP contribution in [0, 0.1) is 0 Å². The molecule has 0 aliphatic heterocycles. The molecule has 1 amide bonds. The molecule has 0 spiro atoms. The second kappa shape index (κ2) is 6.16. The number of ketones is 1. The summed E-state index contributed by atoms with van der Waals surface area (Å²) in [4.78, 5) is 22.2. The number of amides is 1. The lowest BCUT2D eigenvalue weighted by molar-refractivity contribution is -0.125. The molecular formula is C11H19NO2S. The third-order valence-corrected chi connectivity index (χ3v) is 3.98. The van der Waals surface area contributed by atoms with Gasteiger partial charge >= 0.3 is 0 Å². The van der Waals surface area contributed by atoms with Gasteiger partial charge in [0.2, 0.25) is 5.91 Å². The van der Waals surface area contributed by atoms with Gasteiger partial charge in [0.25, 0.3) is 0 Å². The Morgan fingerprint density at radius 3 is 2.67 bits per heavy atom. The highest BCUT2D eigenvalue weighted by Crippen LogP contribution is 2.28. The summed E-state index contributed by atoms with van der Waals surface area (Å²) in [5.74, 6) is 0.106. The number of carbonyl (C=O) groups excluding carboxylic acids is 2. The van der Waals surface area contributed by atoms with Gasteiger partial charge in [-0.15, -0.1) is 0 Å². The van der Waals surface area contributed by atoms with E-state index >= 15 is 0 Å². The normalized spacial score (nSPS) is 25.2. The Balaban J connectivity index is 2.27. The average Bonchev–Trinajstić information content (AvgIpc) is 2.62. The predicted molar refractivity (Wildman–Crippen MR) is 63.0 cm³/mol. The fraction of sp³-hybridized carbons (Fsp3) is 0.818. The van der Waals surface area contributed by atoms with Crippen LogP contribution in [0.15, 0.2) is 0 Å². The lowest BCUT2D eigenvalue weighted by atomic mass is 10.2. The lowest BCUT2D eigenvalue weighted by Crippen LogP contribution is -2.38. The van der Waals surface area contributed by atoms with Crippen molar-refractivity contribution in [2.75, 3.05) is 6.26 Å². The van der Waals surface area contributed by atoms with Crippen LogP contribution in [0.25, 0.3) is 0 Å². The van der Waals surface area contributed by atoms with E-state index in [9.17, 15) is 9.59 Å². The molecule has 1 fully saturated rings. The van der Waals surface area contributed by atoms with E-state index in [0.29, 0.717) is 24.1 Å². The van der Waals surface area contributed by atoms with Gasteiger partial charge < -0.3 is 10.1 Å². The quantitative estimate of drug-likeness (QED) is 0.781. The Morgan fingerprint density at radius 2 is 2.07 bits per heavy atom. The maximum absolute atomic E-state index is 11.5. The molecule has 15 heavy (non-hydrogen) atoms. The van der Waals surface area contributed by atoms with E-state index in [1.807, 2.05) is 11.8 Å². The molecule has 1 saturated carbocycles. The summed E-state index contributed by atoms with van der Waals surface area (Å²) in [6, 6.07) is 0.319. The molecule has 0 bridgehead atoms. The van der Waals surface area contributed by atoms with E-state index in [4.69, 9.17) is 0 Å². The van der Waals surface area contributed by atoms with Crippen LogP contribution in [0.4, 0.5) is 0 Å². The van der Waals surface area contributed by atoms with Crippen molar-refractivity contribution in [3.8, 4) is 0 Å². The first-order valence-corrected chi connectivity index (χ1v) is 6.74. The smallest absolute Gasteiger partial charge is 0.220 e. The van der Waals surface area contributed by atoms with Gasteiger partial charge in [0.15, 0.2) is 0 Å². The zero-order chi connectivity index (χ0) is 11.3. The Morgan fingerprint density at radius 1 is 1.33 bits per heavy atom. The largest absolute Gasteiger partial charge is 0.352 e.